The van der Waals surface area contributed by atoms with E-state index in [1.807, 2.05) is 37.9 Å². The van der Waals surface area contributed by atoms with Crippen LogP contribution in [0.5, 0.6) is 0 Å². The SMILES string of the molecule is CC(C)(C)OC(=O)N1CCOC2(CCCN(CC3CCC(n4ccc5c(Cl)ncnc54)O3)C2)C1. The molecule has 1 amide bonds. The fourth-order valence-corrected chi connectivity index (χ4v) is 5.60. The molecule has 3 saturated heterocycles. The van der Waals surface area contributed by atoms with Gasteiger partial charge in [-0.15, -0.1) is 0 Å². The van der Waals surface area contributed by atoms with Crippen LogP contribution in [-0.4, -0.2) is 87.1 Å². The highest BCUT2D eigenvalue weighted by atomic mass is 35.5. The number of carbonyl (C=O) groups is 1. The monoisotopic (exact) mass is 491 g/mol. The Morgan fingerprint density at radius 2 is 2.12 bits per heavy atom. The second-order valence-electron chi connectivity index (χ2n) is 10.7. The van der Waals surface area contributed by atoms with Gasteiger partial charge < -0.3 is 23.7 Å². The quantitative estimate of drug-likeness (QED) is 0.603. The number of carbonyl (C=O) groups excluding carboxylic acids is 1. The number of hydrogen-bond acceptors (Lipinski definition) is 7. The van der Waals surface area contributed by atoms with E-state index < -0.39 is 5.60 Å². The van der Waals surface area contributed by atoms with Crippen molar-refractivity contribution in [2.24, 2.45) is 0 Å². The summed E-state index contributed by atoms with van der Waals surface area (Å²) in [6.07, 6.45) is 7.21. The minimum Gasteiger partial charge on any atom is -0.444 e. The van der Waals surface area contributed by atoms with Crippen LogP contribution in [0.25, 0.3) is 11.0 Å². The van der Waals surface area contributed by atoms with Gasteiger partial charge in [-0.2, -0.15) is 0 Å². The Balaban J connectivity index is 1.20. The lowest BCUT2D eigenvalue weighted by Crippen LogP contribution is -2.61. The number of ether oxygens (including phenoxy) is 3. The van der Waals surface area contributed by atoms with Gasteiger partial charge in [-0.1, -0.05) is 11.6 Å². The molecule has 1 spiro atoms. The number of halogens is 1. The first-order valence-electron chi connectivity index (χ1n) is 12.2. The van der Waals surface area contributed by atoms with Gasteiger partial charge in [0.05, 0.1) is 30.2 Å². The third kappa shape index (κ3) is 5.03. The molecular formula is C24H34ClN5O4. The molecule has 0 radical (unpaired) electrons. The van der Waals surface area contributed by atoms with Crippen LogP contribution in [-0.2, 0) is 14.2 Å². The van der Waals surface area contributed by atoms with Crippen molar-refractivity contribution in [2.45, 2.75) is 70.0 Å². The fourth-order valence-electron chi connectivity index (χ4n) is 5.41. The van der Waals surface area contributed by atoms with E-state index in [1.165, 1.54) is 6.33 Å². The van der Waals surface area contributed by atoms with E-state index >= 15 is 0 Å². The molecule has 0 saturated carbocycles. The van der Waals surface area contributed by atoms with Crippen LogP contribution in [0.3, 0.4) is 0 Å². The molecule has 186 valence electrons. The molecule has 3 aliphatic heterocycles. The van der Waals surface area contributed by atoms with Crippen LogP contribution in [0.4, 0.5) is 4.79 Å². The average molecular weight is 492 g/mol. The molecule has 9 nitrogen and oxygen atoms in total. The molecule has 0 bridgehead atoms. The molecule has 0 aliphatic carbocycles. The predicted octanol–water partition coefficient (Wildman–Crippen LogP) is 3.86. The van der Waals surface area contributed by atoms with Crippen LogP contribution in [0, 0.1) is 0 Å². The minimum atomic E-state index is -0.500. The Bertz CT molecular complexity index is 1040. The summed E-state index contributed by atoms with van der Waals surface area (Å²) in [5.41, 5.74) is -0.0317. The summed E-state index contributed by atoms with van der Waals surface area (Å²) in [6.45, 7) is 10.0. The van der Waals surface area contributed by atoms with Gasteiger partial charge >= 0.3 is 6.09 Å². The van der Waals surface area contributed by atoms with Crippen molar-refractivity contribution in [1.82, 2.24) is 24.3 Å². The number of morpholine rings is 1. The molecule has 3 aliphatic rings. The van der Waals surface area contributed by atoms with E-state index in [9.17, 15) is 4.79 Å². The van der Waals surface area contributed by atoms with Crippen molar-refractivity contribution < 1.29 is 19.0 Å². The summed E-state index contributed by atoms with van der Waals surface area (Å²) in [6, 6.07) is 1.94. The molecule has 5 rings (SSSR count). The molecule has 2 aromatic rings. The summed E-state index contributed by atoms with van der Waals surface area (Å²) in [5.74, 6) is 0. The third-order valence-electron chi connectivity index (χ3n) is 6.84. The van der Waals surface area contributed by atoms with Gasteiger partial charge in [-0.3, -0.25) is 4.90 Å². The zero-order valence-corrected chi connectivity index (χ0v) is 21.0. The number of aromatic nitrogens is 3. The summed E-state index contributed by atoms with van der Waals surface area (Å²) < 4.78 is 20.4. The van der Waals surface area contributed by atoms with Crippen molar-refractivity contribution in [1.29, 1.82) is 0 Å². The molecule has 0 N–H and O–H groups in total. The zero-order chi connectivity index (χ0) is 23.9. The molecule has 2 aromatic heterocycles. The van der Waals surface area contributed by atoms with E-state index in [0.717, 1.165) is 56.4 Å². The van der Waals surface area contributed by atoms with E-state index in [1.54, 1.807) is 0 Å². The summed E-state index contributed by atoms with van der Waals surface area (Å²) in [4.78, 5) is 25.4. The van der Waals surface area contributed by atoms with E-state index in [-0.39, 0.29) is 24.0 Å². The number of rotatable bonds is 3. The predicted molar refractivity (Wildman–Crippen MR) is 128 cm³/mol. The second kappa shape index (κ2) is 9.26. The first-order chi connectivity index (χ1) is 16.2. The average Bonchev–Trinajstić information content (AvgIpc) is 3.40. The third-order valence-corrected chi connectivity index (χ3v) is 7.14. The first kappa shape index (κ1) is 23.8. The van der Waals surface area contributed by atoms with Gasteiger partial charge in [0.2, 0.25) is 0 Å². The number of hydrogen-bond donors (Lipinski definition) is 0. The largest absolute Gasteiger partial charge is 0.444 e. The molecule has 3 atom stereocenters. The van der Waals surface area contributed by atoms with Gasteiger partial charge in [0.25, 0.3) is 0 Å². The minimum absolute atomic E-state index is 0.0548. The maximum atomic E-state index is 12.7. The van der Waals surface area contributed by atoms with Gasteiger partial charge in [-0.05, 0) is 59.1 Å². The molecule has 0 aromatic carbocycles. The summed E-state index contributed by atoms with van der Waals surface area (Å²) in [5, 5.41) is 1.31. The maximum absolute atomic E-state index is 12.7. The summed E-state index contributed by atoms with van der Waals surface area (Å²) in [7, 11) is 0. The molecule has 34 heavy (non-hydrogen) atoms. The highest BCUT2D eigenvalue weighted by Gasteiger charge is 2.43. The number of amides is 1. The van der Waals surface area contributed by atoms with Gasteiger partial charge in [0, 0.05) is 25.8 Å². The molecule has 10 heteroatoms. The van der Waals surface area contributed by atoms with Crippen LogP contribution < -0.4 is 0 Å². The zero-order valence-electron chi connectivity index (χ0n) is 20.2. The number of likely N-dealkylation sites (tertiary alicyclic amines) is 1. The van der Waals surface area contributed by atoms with E-state index in [0.29, 0.717) is 24.8 Å². The Hall–Kier alpha value is -1.94. The van der Waals surface area contributed by atoms with Crippen LogP contribution in [0.2, 0.25) is 5.15 Å². The topological polar surface area (TPSA) is 82.0 Å². The Morgan fingerprint density at radius 3 is 2.94 bits per heavy atom. The maximum Gasteiger partial charge on any atom is 0.410 e. The van der Waals surface area contributed by atoms with Crippen molar-refractivity contribution in [3.63, 3.8) is 0 Å². The van der Waals surface area contributed by atoms with E-state index in [2.05, 4.69) is 19.4 Å². The Kier molecular flexibility index (Phi) is 6.48. The van der Waals surface area contributed by atoms with Gasteiger partial charge in [-0.25, -0.2) is 14.8 Å². The molecule has 3 unspecified atom stereocenters. The number of fused-ring (bicyclic) bond motifs is 1. The highest BCUT2D eigenvalue weighted by Crippen LogP contribution is 2.34. The van der Waals surface area contributed by atoms with Gasteiger partial charge in [0.15, 0.2) is 0 Å². The lowest BCUT2D eigenvalue weighted by molar-refractivity contribution is -0.141. The smallest absolute Gasteiger partial charge is 0.410 e. The first-order valence-corrected chi connectivity index (χ1v) is 12.6. The second-order valence-corrected chi connectivity index (χ2v) is 11.0. The lowest BCUT2D eigenvalue weighted by atomic mass is 9.90. The standard InChI is InChI=1S/C24H34ClN5O4/c1-23(2,3)34-22(31)29-11-12-32-24(15-29)8-4-9-28(14-24)13-17-5-6-19(33-17)30-10-7-18-20(25)26-16-27-21(18)30/h7,10,16-17,19H,4-6,8-9,11-15H2,1-3H3. The van der Waals surface area contributed by atoms with Crippen molar-refractivity contribution in [3.8, 4) is 0 Å². The van der Waals surface area contributed by atoms with Crippen LogP contribution >= 0.6 is 11.6 Å². The molecular weight excluding hydrogens is 458 g/mol. The normalized spacial score (nSPS) is 28.6. The van der Waals surface area contributed by atoms with E-state index in [4.69, 9.17) is 25.8 Å². The van der Waals surface area contributed by atoms with Gasteiger partial charge in [0.1, 0.15) is 29.0 Å². The van der Waals surface area contributed by atoms with Crippen molar-refractivity contribution >= 4 is 28.7 Å². The highest BCUT2D eigenvalue weighted by molar-refractivity contribution is 6.33. The Labute approximate surface area is 205 Å². The number of nitrogens with zero attached hydrogens (tertiary/aromatic N) is 5. The van der Waals surface area contributed by atoms with Crippen LogP contribution in [0.1, 0.15) is 52.7 Å². The number of piperidine rings is 1. The molecule has 5 heterocycles. The summed E-state index contributed by atoms with van der Waals surface area (Å²) >= 11 is 6.21. The van der Waals surface area contributed by atoms with Crippen molar-refractivity contribution in [3.05, 3.63) is 23.7 Å². The van der Waals surface area contributed by atoms with Crippen LogP contribution in [0.15, 0.2) is 18.6 Å². The molecule has 3 fully saturated rings. The lowest BCUT2D eigenvalue weighted by Gasteiger charge is -2.48. The van der Waals surface area contributed by atoms with Crippen molar-refractivity contribution in [2.75, 3.05) is 39.3 Å². The fraction of sp³-hybridized carbons (Fsp3) is 0.708. The Morgan fingerprint density at radius 1 is 1.26 bits per heavy atom.